The normalized spacial score (nSPS) is 10.7. The number of aromatic hydroxyl groups is 1. The molecule has 1 aromatic heterocycles. The Morgan fingerprint density at radius 2 is 1.87 bits per heavy atom. The molecule has 3 aromatic carbocycles. The lowest BCUT2D eigenvalue weighted by Gasteiger charge is -2.13. The van der Waals surface area contributed by atoms with Crippen molar-refractivity contribution in [3.8, 4) is 16.3 Å². The van der Waals surface area contributed by atoms with Gasteiger partial charge in [-0.15, -0.1) is 11.3 Å². The highest BCUT2D eigenvalue weighted by Gasteiger charge is 2.15. The Kier molecular flexibility index (Phi) is 5.98. The zero-order valence-electron chi connectivity index (χ0n) is 15.8. The van der Waals surface area contributed by atoms with E-state index >= 15 is 0 Å². The van der Waals surface area contributed by atoms with Crippen molar-refractivity contribution < 1.29 is 9.90 Å². The average Bonchev–Trinajstić information content (AvgIpc) is 3.14. The molecule has 1 amide bonds. The molecule has 8 heteroatoms. The van der Waals surface area contributed by atoms with E-state index in [1.165, 1.54) is 11.3 Å². The topological polar surface area (TPSA) is 74.2 Å². The number of carbonyl (C=O) groups excluding carboxylic acids is 1. The number of carbonyl (C=O) groups is 1. The van der Waals surface area contributed by atoms with Crippen molar-refractivity contribution in [2.45, 2.75) is 6.92 Å². The minimum absolute atomic E-state index is 0.174. The molecule has 0 saturated heterocycles. The number of rotatable bonds is 3. The van der Waals surface area contributed by atoms with E-state index in [-0.39, 0.29) is 16.8 Å². The molecule has 0 aliphatic carbocycles. The monoisotopic (exact) mass is 545 g/mol. The Labute approximate surface area is 196 Å². The SMILES string of the molecule is Cc1cc(NC(=S)NC(=O)c2ccccc2I)cc(-c2nc3ccccc3s2)c1O. The van der Waals surface area contributed by atoms with Crippen LogP contribution in [0, 0.1) is 10.5 Å². The number of nitrogens with zero attached hydrogens (tertiary/aromatic N) is 1. The molecule has 0 spiro atoms. The molecule has 0 aliphatic heterocycles. The minimum atomic E-state index is -0.278. The van der Waals surface area contributed by atoms with E-state index < -0.39 is 0 Å². The molecule has 0 fully saturated rings. The summed E-state index contributed by atoms with van der Waals surface area (Å²) in [6.45, 7) is 1.81. The molecule has 0 saturated carbocycles. The third-order valence-corrected chi connectivity index (χ3v) is 6.64. The van der Waals surface area contributed by atoms with Gasteiger partial charge in [0.05, 0.1) is 21.3 Å². The van der Waals surface area contributed by atoms with Crippen LogP contribution in [-0.2, 0) is 0 Å². The zero-order valence-corrected chi connectivity index (χ0v) is 19.6. The van der Waals surface area contributed by atoms with Gasteiger partial charge in [-0.3, -0.25) is 10.1 Å². The Bertz CT molecular complexity index is 1250. The maximum Gasteiger partial charge on any atom is 0.258 e. The fraction of sp³-hybridized carbons (Fsp3) is 0.0455. The van der Waals surface area contributed by atoms with Crippen LogP contribution < -0.4 is 10.6 Å². The van der Waals surface area contributed by atoms with Gasteiger partial charge >= 0.3 is 0 Å². The van der Waals surface area contributed by atoms with E-state index in [0.29, 0.717) is 27.4 Å². The van der Waals surface area contributed by atoms with Crippen molar-refractivity contribution >= 4 is 73.1 Å². The van der Waals surface area contributed by atoms with Crippen molar-refractivity contribution in [1.29, 1.82) is 0 Å². The number of amides is 1. The molecule has 30 heavy (non-hydrogen) atoms. The van der Waals surface area contributed by atoms with Gasteiger partial charge in [-0.1, -0.05) is 24.3 Å². The summed E-state index contributed by atoms with van der Waals surface area (Å²) in [5, 5.41) is 17.2. The summed E-state index contributed by atoms with van der Waals surface area (Å²) < 4.78 is 1.89. The standard InChI is InChI=1S/C22H16IN3O2S2/c1-12-10-13(24-22(29)26-20(28)14-6-2-3-7-16(14)23)11-15(19(12)27)21-25-17-8-4-5-9-18(17)30-21/h2-11,27H,1H3,(H2,24,26,28,29). The second kappa shape index (κ2) is 8.66. The lowest BCUT2D eigenvalue weighted by molar-refractivity contribution is 0.0977. The van der Waals surface area contributed by atoms with Crippen LogP contribution in [0.4, 0.5) is 5.69 Å². The number of hydrogen-bond acceptors (Lipinski definition) is 5. The van der Waals surface area contributed by atoms with Crippen LogP contribution in [0.25, 0.3) is 20.8 Å². The van der Waals surface area contributed by atoms with Crippen LogP contribution in [0.5, 0.6) is 5.75 Å². The summed E-state index contributed by atoms with van der Waals surface area (Å²) in [5.74, 6) is -0.104. The van der Waals surface area contributed by atoms with Gasteiger partial charge in [0.1, 0.15) is 10.8 Å². The number of fused-ring (bicyclic) bond motifs is 1. The van der Waals surface area contributed by atoms with E-state index in [4.69, 9.17) is 12.2 Å². The van der Waals surface area contributed by atoms with E-state index in [0.717, 1.165) is 13.8 Å². The first-order valence-corrected chi connectivity index (χ1v) is 11.3. The number of phenols is 1. The largest absolute Gasteiger partial charge is 0.507 e. The van der Waals surface area contributed by atoms with Gasteiger partial charge < -0.3 is 10.4 Å². The molecule has 5 nitrogen and oxygen atoms in total. The fourth-order valence-corrected chi connectivity index (χ4v) is 4.81. The average molecular weight is 545 g/mol. The second-order valence-corrected chi connectivity index (χ2v) is 9.17. The Morgan fingerprint density at radius 1 is 1.13 bits per heavy atom. The highest BCUT2D eigenvalue weighted by Crippen LogP contribution is 2.38. The summed E-state index contributed by atoms with van der Waals surface area (Å²) in [6, 6.07) is 18.7. The Balaban J connectivity index is 1.58. The van der Waals surface area contributed by atoms with Crippen LogP contribution in [-0.4, -0.2) is 21.1 Å². The van der Waals surface area contributed by atoms with Gasteiger partial charge in [0.15, 0.2) is 5.11 Å². The fourth-order valence-electron chi connectivity index (χ4n) is 2.98. The summed E-state index contributed by atoms with van der Waals surface area (Å²) in [6.07, 6.45) is 0. The quantitative estimate of drug-likeness (QED) is 0.175. The van der Waals surface area contributed by atoms with Gasteiger partial charge in [-0.2, -0.15) is 0 Å². The number of halogens is 1. The summed E-state index contributed by atoms with van der Waals surface area (Å²) in [4.78, 5) is 17.1. The van der Waals surface area contributed by atoms with Crippen molar-refractivity contribution in [2.75, 3.05) is 5.32 Å². The number of hydrogen-bond donors (Lipinski definition) is 3. The third kappa shape index (κ3) is 4.30. The lowest BCUT2D eigenvalue weighted by Crippen LogP contribution is -2.34. The Hall–Kier alpha value is -2.56. The van der Waals surface area contributed by atoms with Crippen LogP contribution in [0.3, 0.4) is 0 Å². The molecular formula is C22H16IN3O2S2. The first-order chi connectivity index (χ1) is 14.4. The smallest absolute Gasteiger partial charge is 0.258 e. The van der Waals surface area contributed by atoms with Crippen LogP contribution in [0.1, 0.15) is 15.9 Å². The molecule has 1 heterocycles. The number of phenolic OH excluding ortho intramolecular Hbond substituents is 1. The molecule has 4 aromatic rings. The van der Waals surface area contributed by atoms with Crippen molar-refractivity contribution in [3.05, 3.63) is 75.4 Å². The Morgan fingerprint density at radius 3 is 2.63 bits per heavy atom. The maximum absolute atomic E-state index is 12.5. The minimum Gasteiger partial charge on any atom is -0.507 e. The predicted molar refractivity (Wildman–Crippen MR) is 134 cm³/mol. The van der Waals surface area contributed by atoms with Crippen molar-refractivity contribution in [3.63, 3.8) is 0 Å². The van der Waals surface area contributed by atoms with Crippen molar-refractivity contribution in [2.24, 2.45) is 0 Å². The first-order valence-electron chi connectivity index (χ1n) is 8.99. The second-order valence-electron chi connectivity index (χ2n) is 6.56. The lowest BCUT2D eigenvalue weighted by atomic mass is 10.1. The van der Waals surface area contributed by atoms with E-state index in [1.807, 2.05) is 43.3 Å². The van der Waals surface area contributed by atoms with Crippen LogP contribution >= 0.6 is 46.1 Å². The molecule has 150 valence electrons. The third-order valence-electron chi connectivity index (χ3n) is 4.43. The van der Waals surface area contributed by atoms with E-state index in [9.17, 15) is 9.90 Å². The van der Waals surface area contributed by atoms with E-state index in [1.54, 1.807) is 24.3 Å². The predicted octanol–water partition coefficient (Wildman–Crippen LogP) is 5.71. The summed E-state index contributed by atoms with van der Waals surface area (Å²) in [7, 11) is 0. The highest BCUT2D eigenvalue weighted by atomic mass is 127. The number of aryl methyl sites for hydroxylation is 1. The van der Waals surface area contributed by atoms with Gasteiger partial charge in [-0.05, 0) is 83.7 Å². The summed E-state index contributed by atoms with van der Waals surface area (Å²) >= 11 is 8.94. The van der Waals surface area contributed by atoms with Gasteiger partial charge in [0, 0.05) is 9.26 Å². The highest BCUT2D eigenvalue weighted by molar-refractivity contribution is 14.1. The molecule has 0 radical (unpaired) electrons. The van der Waals surface area contributed by atoms with Gasteiger partial charge in [0.25, 0.3) is 5.91 Å². The van der Waals surface area contributed by atoms with Gasteiger partial charge in [0.2, 0.25) is 0 Å². The number of para-hydroxylation sites is 1. The van der Waals surface area contributed by atoms with Crippen LogP contribution in [0.2, 0.25) is 0 Å². The number of aromatic nitrogens is 1. The van der Waals surface area contributed by atoms with E-state index in [2.05, 4.69) is 38.2 Å². The molecule has 0 bridgehead atoms. The molecular weight excluding hydrogens is 529 g/mol. The molecule has 3 N–H and O–H groups in total. The maximum atomic E-state index is 12.5. The molecule has 0 atom stereocenters. The molecule has 0 aliphatic rings. The number of thiazole rings is 1. The first kappa shape index (κ1) is 20.7. The van der Waals surface area contributed by atoms with Crippen LogP contribution in [0.15, 0.2) is 60.7 Å². The summed E-state index contributed by atoms with van der Waals surface area (Å²) in [5.41, 5.74) is 3.39. The van der Waals surface area contributed by atoms with Gasteiger partial charge in [-0.25, -0.2) is 4.98 Å². The number of nitrogens with one attached hydrogen (secondary N) is 2. The zero-order chi connectivity index (χ0) is 21.3. The molecule has 4 rings (SSSR count). The number of anilines is 1. The van der Waals surface area contributed by atoms with Crippen molar-refractivity contribution in [1.82, 2.24) is 10.3 Å². The molecule has 0 unspecified atom stereocenters. The number of benzene rings is 3. The number of thiocarbonyl (C=S) groups is 1.